The molecule has 1 saturated carbocycles. The van der Waals surface area contributed by atoms with Gasteiger partial charge in [0.1, 0.15) is 0 Å². The maximum Gasteiger partial charge on any atom is 0.297 e. The average Bonchev–Trinajstić information content (AvgIpc) is 2.53. The molecule has 0 radical (unpaired) electrons. The summed E-state index contributed by atoms with van der Waals surface area (Å²) in [5.41, 5.74) is 0. The summed E-state index contributed by atoms with van der Waals surface area (Å²) in [4.78, 5) is 2.20. The fraction of sp³-hybridized carbons (Fsp3) is 1.00. The van der Waals surface area contributed by atoms with E-state index in [2.05, 4.69) is 9.62 Å². The molecule has 0 atom stereocenters. The Bertz CT molecular complexity index is 263. The summed E-state index contributed by atoms with van der Waals surface area (Å²) < 4.78 is 23.4. The molecule has 14 heavy (non-hydrogen) atoms. The Hall–Kier alpha value is 0.160. The molecule has 1 aliphatic carbocycles. The molecule has 0 heterocycles. The third kappa shape index (κ3) is 4.59. The lowest BCUT2D eigenvalue weighted by molar-refractivity contribution is 0.250. The molecule has 4 nitrogen and oxygen atoms in total. The van der Waals surface area contributed by atoms with Crippen LogP contribution in [-0.2, 0) is 9.24 Å². The van der Waals surface area contributed by atoms with E-state index >= 15 is 0 Å². The van der Waals surface area contributed by atoms with Crippen molar-refractivity contribution in [1.29, 1.82) is 0 Å². The Balaban J connectivity index is 2.17. The van der Waals surface area contributed by atoms with Crippen LogP contribution in [0.2, 0.25) is 0 Å². The third-order valence-electron chi connectivity index (χ3n) is 2.69. The van der Waals surface area contributed by atoms with Crippen LogP contribution in [-0.4, -0.2) is 39.5 Å². The first-order chi connectivity index (χ1) is 6.49. The highest BCUT2D eigenvalue weighted by atomic mass is 35.7. The summed E-state index contributed by atoms with van der Waals surface area (Å²) in [5, 5.41) is 0. The first kappa shape index (κ1) is 12.2. The molecule has 0 bridgehead atoms. The molecule has 0 aliphatic heterocycles. The van der Waals surface area contributed by atoms with Crippen molar-refractivity contribution in [3.8, 4) is 0 Å². The van der Waals surface area contributed by atoms with Gasteiger partial charge in [-0.05, 0) is 19.9 Å². The van der Waals surface area contributed by atoms with E-state index in [-0.39, 0.29) is 0 Å². The summed E-state index contributed by atoms with van der Waals surface area (Å²) in [5.74, 6) is 0. The highest BCUT2D eigenvalue weighted by molar-refractivity contribution is 8.12. The second kappa shape index (κ2) is 5.30. The van der Waals surface area contributed by atoms with Crippen molar-refractivity contribution in [2.45, 2.75) is 31.7 Å². The highest BCUT2D eigenvalue weighted by Crippen LogP contribution is 2.21. The van der Waals surface area contributed by atoms with Crippen molar-refractivity contribution in [2.24, 2.45) is 0 Å². The molecule has 0 saturated heterocycles. The molecule has 0 aromatic carbocycles. The van der Waals surface area contributed by atoms with Crippen molar-refractivity contribution in [3.05, 3.63) is 0 Å². The number of hydrogen-bond donors (Lipinski definition) is 1. The molecule has 6 heteroatoms. The summed E-state index contributed by atoms with van der Waals surface area (Å²) in [6, 6.07) is 0.620. The van der Waals surface area contributed by atoms with Crippen LogP contribution >= 0.6 is 10.7 Å². The predicted molar refractivity (Wildman–Crippen MR) is 57.7 cm³/mol. The van der Waals surface area contributed by atoms with Gasteiger partial charge in [-0.3, -0.25) is 0 Å². The van der Waals surface area contributed by atoms with Gasteiger partial charge in [0.15, 0.2) is 0 Å². The van der Waals surface area contributed by atoms with Crippen LogP contribution in [0, 0.1) is 0 Å². The minimum absolute atomic E-state index is 0.388. The highest BCUT2D eigenvalue weighted by Gasteiger charge is 2.19. The molecular weight excluding hydrogens is 224 g/mol. The first-order valence-corrected chi connectivity index (χ1v) is 7.19. The molecule has 1 aliphatic rings. The van der Waals surface area contributed by atoms with Gasteiger partial charge >= 0.3 is 0 Å². The van der Waals surface area contributed by atoms with Gasteiger partial charge in [-0.25, -0.2) is 4.72 Å². The van der Waals surface area contributed by atoms with E-state index in [4.69, 9.17) is 10.7 Å². The van der Waals surface area contributed by atoms with Gasteiger partial charge in [0.05, 0.1) is 0 Å². The molecule has 0 spiro atoms. The Kier molecular flexibility index (Phi) is 4.63. The van der Waals surface area contributed by atoms with Crippen LogP contribution in [0.3, 0.4) is 0 Å². The van der Waals surface area contributed by atoms with Crippen molar-refractivity contribution in [1.82, 2.24) is 9.62 Å². The second-order valence-corrected chi connectivity index (χ2v) is 6.13. The monoisotopic (exact) mass is 240 g/mol. The van der Waals surface area contributed by atoms with Crippen LogP contribution in [0.1, 0.15) is 25.7 Å². The standard InChI is InChI=1S/C8H17ClN2O2S/c1-11(8-4-2-3-5-8)7-6-10-14(9,12)13/h8,10H,2-7H2,1H3. The Morgan fingerprint density at radius 2 is 2.00 bits per heavy atom. The maximum atomic E-state index is 10.6. The summed E-state index contributed by atoms with van der Waals surface area (Å²) >= 11 is 0. The summed E-state index contributed by atoms with van der Waals surface area (Å²) in [6.07, 6.45) is 5.03. The minimum Gasteiger partial charge on any atom is -0.302 e. The number of rotatable bonds is 5. The predicted octanol–water partition coefficient (Wildman–Crippen LogP) is 0.934. The molecule has 0 aromatic rings. The van der Waals surface area contributed by atoms with Crippen molar-refractivity contribution < 1.29 is 8.42 Å². The number of nitrogens with zero attached hydrogens (tertiary/aromatic N) is 1. The molecule has 0 aromatic heterocycles. The van der Waals surface area contributed by atoms with E-state index in [1.807, 2.05) is 7.05 Å². The van der Waals surface area contributed by atoms with E-state index in [1.54, 1.807) is 0 Å². The Labute approximate surface area is 90.2 Å². The first-order valence-electron chi connectivity index (χ1n) is 4.88. The topological polar surface area (TPSA) is 49.4 Å². The Morgan fingerprint density at radius 1 is 1.43 bits per heavy atom. The van der Waals surface area contributed by atoms with Gasteiger partial charge in [0.2, 0.25) is 0 Å². The van der Waals surface area contributed by atoms with Gasteiger partial charge in [-0.1, -0.05) is 12.8 Å². The summed E-state index contributed by atoms with van der Waals surface area (Å²) in [6.45, 7) is 1.11. The van der Waals surface area contributed by atoms with Gasteiger partial charge in [-0.15, -0.1) is 0 Å². The van der Waals surface area contributed by atoms with E-state index in [9.17, 15) is 8.42 Å². The molecule has 1 fully saturated rings. The normalized spacial score (nSPS) is 19.4. The molecule has 1 N–H and O–H groups in total. The number of nitrogens with one attached hydrogen (secondary N) is 1. The number of hydrogen-bond acceptors (Lipinski definition) is 3. The lowest BCUT2D eigenvalue weighted by Crippen LogP contribution is -2.36. The molecule has 0 amide bonds. The molecule has 0 unspecified atom stereocenters. The van der Waals surface area contributed by atoms with Crippen molar-refractivity contribution in [2.75, 3.05) is 20.1 Å². The van der Waals surface area contributed by atoms with Gasteiger partial charge in [-0.2, -0.15) is 8.42 Å². The molecular formula is C8H17ClN2O2S. The summed E-state index contributed by atoms with van der Waals surface area (Å²) in [7, 11) is 3.50. The fourth-order valence-corrected chi connectivity index (χ4v) is 2.44. The maximum absolute atomic E-state index is 10.6. The molecule has 84 valence electrons. The zero-order valence-electron chi connectivity index (χ0n) is 8.37. The van der Waals surface area contributed by atoms with Crippen LogP contribution in [0.5, 0.6) is 0 Å². The lowest BCUT2D eigenvalue weighted by atomic mass is 10.2. The fourth-order valence-electron chi connectivity index (χ4n) is 1.87. The van der Waals surface area contributed by atoms with Crippen molar-refractivity contribution >= 4 is 19.9 Å². The third-order valence-corrected chi connectivity index (χ3v) is 3.56. The average molecular weight is 241 g/mol. The lowest BCUT2D eigenvalue weighted by Gasteiger charge is -2.23. The number of likely N-dealkylation sites (N-methyl/N-ethyl adjacent to an activating group) is 1. The zero-order valence-corrected chi connectivity index (χ0v) is 9.94. The van der Waals surface area contributed by atoms with E-state index in [0.29, 0.717) is 12.6 Å². The van der Waals surface area contributed by atoms with E-state index in [0.717, 1.165) is 6.54 Å². The van der Waals surface area contributed by atoms with Gasteiger partial charge in [0, 0.05) is 29.8 Å². The van der Waals surface area contributed by atoms with E-state index < -0.39 is 9.24 Å². The minimum atomic E-state index is -3.55. The van der Waals surface area contributed by atoms with E-state index in [1.165, 1.54) is 25.7 Å². The van der Waals surface area contributed by atoms with Crippen LogP contribution in [0.15, 0.2) is 0 Å². The van der Waals surface area contributed by atoms with Gasteiger partial charge in [0.25, 0.3) is 9.24 Å². The largest absolute Gasteiger partial charge is 0.302 e. The smallest absolute Gasteiger partial charge is 0.297 e. The van der Waals surface area contributed by atoms with Crippen LogP contribution < -0.4 is 4.72 Å². The Morgan fingerprint density at radius 3 is 2.50 bits per heavy atom. The molecule has 1 rings (SSSR count). The van der Waals surface area contributed by atoms with Gasteiger partial charge < -0.3 is 4.90 Å². The zero-order chi connectivity index (χ0) is 10.6. The SMILES string of the molecule is CN(CCNS(=O)(=O)Cl)C1CCCC1. The second-order valence-electron chi connectivity index (χ2n) is 3.75. The number of halogens is 1. The van der Waals surface area contributed by atoms with Crippen molar-refractivity contribution in [3.63, 3.8) is 0 Å². The quantitative estimate of drug-likeness (QED) is 0.728. The van der Waals surface area contributed by atoms with Crippen LogP contribution in [0.4, 0.5) is 0 Å². The van der Waals surface area contributed by atoms with Crippen LogP contribution in [0.25, 0.3) is 0 Å².